The van der Waals surface area contributed by atoms with Crippen LogP contribution in [0, 0.1) is 0 Å². The third kappa shape index (κ3) is 2.12. The smallest absolute Gasteiger partial charge is 0.245 e. The normalized spacial score (nSPS) is 23.6. The van der Waals surface area contributed by atoms with E-state index in [0.29, 0.717) is 12.4 Å². The van der Waals surface area contributed by atoms with Gasteiger partial charge in [0.25, 0.3) is 0 Å². The number of rotatable bonds is 3. The fourth-order valence-electron chi connectivity index (χ4n) is 2.84. The number of piperazine rings is 1. The van der Waals surface area contributed by atoms with E-state index >= 15 is 0 Å². The average Bonchev–Trinajstić information content (AvgIpc) is 3.20. The maximum Gasteiger partial charge on any atom is 0.245 e. The minimum atomic E-state index is -0.101. The molecule has 1 saturated carbocycles. The standard InChI is InChI=1S/C15H16N4O2/c20-12-9-16-11(8-17-12)13-18-14(19-21-13)15(6-7-15)10-4-2-1-3-5-10/h1-5,11,16H,6-9H2,(H,17,20). The Morgan fingerprint density at radius 1 is 1.24 bits per heavy atom. The lowest BCUT2D eigenvalue weighted by Crippen LogP contribution is -2.47. The number of amides is 1. The maximum absolute atomic E-state index is 11.2. The first-order chi connectivity index (χ1) is 10.3. The highest BCUT2D eigenvalue weighted by atomic mass is 16.5. The van der Waals surface area contributed by atoms with Gasteiger partial charge in [-0.1, -0.05) is 35.5 Å². The molecule has 0 spiro atoms. The van der Waals surface area contributed by atoms with Crippen LogP contribution in [-0.4, -0.2) is 29.1 Å². The van der Waals surface area contributed by atoms with Crippen molar-refractivity contribution in [1.29, 1.82) is 0 Å². The summed E-state index contributed by atoms with van der Waals surface area (Å²) >= 11 is 0. The molecule has 108 valence electrons. The lowest BCUT2D eigenvalue weighted by molar-refractivity contribution is -0.121. The van der Waals surface area contributed by atoms with Crippen molar-refractivity contribution in [3.8, 4) is 0 Å². The summed E-state index contributed by atoms with van der Waals surface area (Å²) in [5, 5.41) is 10.1. The SMILES string of the molecule is O=C1CNC(c2nc(C3(c4ccccc4)CC3)no2)CN1. The van der Waals surface area contributed by atoms with E-state index in [1.807, 2.05) is 18.2 Å². The van der Waals surface area contributed by atoms with Crippen molar-refractivity contribution in [2.24, 2.45) is 0 Å². The Morgan fingerprint density at radius 2 is 2.05 bits per heavy atom. The topological polar surface area (TPSA) is 80.1 Å². The quantitative estimate of drug-likeness (QED) is 0.875. The van der Waals surface area contributed by atoms with Crippen LogP contribution in [-0.2, 0) is 10.2 Å². The van der Waals surface area contributed by atoms with Crippen LogP contribution in [0.2, 0.25) is 0 Å². The van der Waals surface area contributed by atoms with Gasteiger partial charge in [0, 0.05) is 6.54 Å². The number of aromatic nitrogens is 2. The predicted octanol–water partition coefficient (Wildman–Crippen LogP) is 0.910. The Kier molecular flexibility index (Phi) is 2.78. The summed E-state index contributed by atoms with van der Waals surface area (Å²) in [6.45, 7) is 0.769. The van der Waals surface area contributed by atoms with Crippen molar-refractivity contribution in [2.45, 2.75) is 24.3 Å². The number of carbonyl (C=O) groups is 1. The van der Waals surface area contributed by atoms with Gasteiger partial charge in [0.15, 0.2) is 5.82 Å². The molecule has 2 fully saturated rings. The van der Waals surface area contributed by atoms with E-state index in [4.69, 9.17) is 4.52 Å². The molecule has 21 heavy (non-hydrogen) atoms. The molecule has 2 N–H and O–H groups in total. The molecule has 1 aliphatic heterocycles. The Morgan fingerprint density at radius 3 is 2.71 bits per heavy atom. The summed E-state index contributed by atoms with van der Waals surface area (Å²) in [5.41, 5.74) is 1.16. The molecule has 4 rings (SSSR count). The van der Waals surface area contributed by atoms with Gasteiger partial charge in [-0.2, -0.15) is 4.98 Å². The van der Waals surface area contributed by atoms with Gasteiger partial charge in [0.2, 0.25) is 11.8 Å². The van der Waals surface area contributed by atoms with Crippen LogP contribution < -0.4 is 10.6 Å². The van der Waals surface area contributed by atoms with Crippen molar-refractivity contribution in [1.82, 2.24) is 20.8 Å². The number of benzene rings is 1. The molecule has 1 aromatic heterocycles. The number of hydrogen-bond donors (Lipinski definition) is 2. The van der Waals surface area contributed by atoms with Gasteiger partial charge < -0.3 is 9.84 Å². The summed E-state index contributed by atoms with van der Waals surface area (Å²) in [5.74, 6) is 1.29. The van der Waals surface area contributed by atoms with E-state index in [-0.39, 0.29) is 23.9 Å². The van der Waals surface area contributed by atoms with Crippen molar-refractivity contribution in [2.75, 3.05) is 13.1 Å². The lowest BCUT2D eigenvalue weighted by atomic mass is 9.95. The van der Waals surface area contributed by atoms with Crippen molar-refractivity contribution in [3.05, 3.63) is 47.6 Å². The monoisotopic (exact) mass is 284 g/mol. The van der Waals surface area contributed by atoms with Crippen LogP contribution in [0.4, 0.5) is 0 Å². The molecule has 2 aliphatic rings. The fourth-order valence-corrected chi connectivity index (χ4v) is 2.84. The molecule has 1 aliphatic carbocycles. The molecule has 1 aromatic carbocycles. The zero-order chi connectivity index (χ0) is 14.3. The summed E-state index contributed by atoms with van der Waals surface area (Å²) in [6.07, 6.45) is 2.09. The average molecular weight is 284 g/mol. The zero-order valence-corrected chi connectivity index (χ0v) is 11.5. The largest absolute Gasteiger partial charge is 0.353 e. The summed E-state index contributed by atoms with van der Waals surface area (Å²) in [6, 6.07) is 10.2. The van der Waals surface area contributed by atoms with Gasteiger partial charge in [-0.15, -0.1) is 0 Å². The molecular formula is C15H16N4O2. The zero-order valence-electron chi connectivity index (χ0n) is 11.5. The van der Waals surface area contributed by atoms with E-state index in [1.165, 1.54) is 5.56 Å². The second kappa shape index (κ2) is 4.66. The molecule has 6 heteroatoms. The molecule has 0 radical (unpaired) electrons. The molecule has 2 heterocycles. The van der Waals surface area contributed by atoms with Gasteiger partial charge in [0.05, 0.1) is 12.0 Å². The van der Waals surface area contributed by atoms with Crippen LogP contribution >= 0.6 is 0 Å². The minimum Gasteiger partial charge on any atom is -0.353 e. The van der Waals surface area contributed by atoms with E-state index in [1.54, 1.807) is 0 Å². The van der Waals surface area contributed by atoms with Gasteiger partial charge >= 0.3 is 0 Å². The van der Waals surface area contributed by atoms with Gasteiger partial charge in [0.1, 0.15) is 6.04 Å². The Hall–Kier alpha value is -2.21. The first kappa shape index (κ1) is 12.5. The minimum absolute atomic E-state index is 0.00561. The van der Waals surface area contributed by atoms with Crippen LogP contribution in [0.15, 0.2) is 34.9 Å². The van der Waals surface area contributed by atoms with Gasteiger partial charge in [-0.25, -0.2) is 0 Å². The maximum atomic E-state index is 11.2. The summed E-state index contributed by atoms with van der Waals surface area (Å²) in [4.78, 5) is 15.7. The molecule has 1 amide bonds. The number of nitrogens with one attached hydrogen (secondary N) is 2. The highest BCUT2D eigenvalue weighted by Gasteiger charge is 2.50. The molecule has 6 nitrogen and oxygen atoms in total. The summed E-state index contributed by atoms with van der Waals surface area (Å²) in [7, 11) is 0. The second-order valence-electron chi connectivity index (χ2n) is 5.64. The van der Waals surface area contributed by atoms with Crippen molar-refractivity contribution >= 4 is 5.91 Å². The van der Waals surface area contributed by atoms with Crippen molar-refractivity contribution < 1.29 is 9.32 Å². The molecule has 0 bridgehead atoms. The molecule has 1 atom stereocenters. The number of carbonyl (C=O) groups excluding carboxylic acids is 1. The first-order valence-electron chi connectivity index (χ1n) is 7.18. The highest BCUT2D eigenvalue weighted by Crippen LogP contribution is 2.52. The Bertz CT molecular complexity index is 653. The van der Waals surface area contributed by atoms with E-state index in [2.05, 4.69) is 32.9 Å². The first-order valence-corrected chi connectivity index (χ1v) is 7.18. The van der Waals surface area contributed by atoms with Crippen molar-refractivity contribution in [3.63, 3.8) is 0 Å². The summed E-state index contributed by atoms with van der Waals surface area (Å²) < 4.78 is 5.41. The van der Waals surface area contributed by atoms with Crippen LogP contribution in [0.1, 0.15) is 36.2 Å². The van der Waals surface area contributed by atoms with Crippen LogP contribution in [0.25, 0.3) is 0 Å². The number of hydrogen-bond acceptors (Lipinski definition) is 5. The van der Waals surface area contributed by atoms with E-state index in [0.717, 1.165) is 18.7 Å². The van der Waals surface area contributed by atoms with E-state index < -0.39 is 0 Å². The molecule has 1 saturated heterocycles. The molecule has 1 unspecified atom stereocenters. The molecule has 2 aromatic rings. The Labute approximate surface area is 121 Å². The lowest BCUT2D eigenvalue weighted by Gasteiger charge is -2.20. The van der Waals surface area contributed by atoms with Crippen LogP contribution in [0.5, 0.6) is 0 Å². The predicted molar refractivity (Wildman–Crippen MR) is 74.5 cm³/mol. The second-order valence-corrected chi connectivity index (χ2v) is 5.64. The molecular weight excluding hydrogens is 268 g/mol. The third-order valence-corrected chi connectivity index (χ3v) is 4.26. The van der Waals surface area contributed by atoms with E-state index in [9.17, 15) is 4.79 Å². The fraction of sp³-hybridized carbons (Fsp3) is 0.400. The third-order valence-electron chi connectivity index (χ3n) is 4.26. The number of nitrogens with zero attached hydrogens (tertiary/aromatic N) is 2. The Balaban J connectivity index is 1.59. The highest BCUT2D eigenvalue weighted by molar-refractivity contribution is 5.78. The van der Waals surface area contributed by atoms with Gasteiger partial charge in [-0.3, -0.25) is 10.1 Å². The van der Waals surface area contributed by atoms with Crippen LogP contribution in [0.3, 0.4) is 0 Å². The van der Waals surface area contributed by atoms with Gasteiger partial charge in [-0.05, 0) is 18.4 Å².